The highest BCUT2D eigenvalue weighted by Crippen LogP contribution is 2.70. The average Bonchev–Trinajstić information content (AvgIpc) is 3.24. The van der Waals surface area contributed by atoms with Crippen molar-refractivity contribution in [3.63, 3.8) is 0 Å². The van der Waals surface area contributed by atoms with E-state index in [2.05, 4.69) is 0 Å². The third-order valence-corrected chi connectivity index (χ3v) is 12.0. The van der Waals surface area contributed by atoms with Crippen molar-refractivity contribution in [1.29, 1.82) is 0 Å². The predicted octanol–water partition coefficient (Wildman–Crippen LogP) is 0.229. The maximum atomic E-state index is 13.9. The number of aliphatic hydroxyl groups is 1. The third kappa shape index (κ3) is 2.65. The second-order valence-corrected chi connectivity index (χ2v) is 13.3. The summed E-state index contributed by atoms with van der Waals surface area (Å²) >= 11 is 0. The third-order valence-electron chi connectivity index (χ3n) is 8.40. The number of carbonyl (C=O) groups is 5. The maximum Gasteiger partial charge on any atom is 0.303 e. The lowest BCUT2D eigenvalue weighted by Crippen LogP contribution is -2.77. The highest BCUT2D eigenvalue weighted by molar-refractivity contribution is 8.78. The van der Waals surface area contributed by atoms with Crippen LogP contribution in [0, 0.1) is 5.41 Å². The number of hydrogen-bond donors (Lipinski definition) is 1. The number of aliphatic hydroxyl groups excluding tert-OH is 1. The van der Waals surface area contributed by atoms with E-state index in [4.69, 9.17) is 14.2 Å². The monoisotopic (exact) mass is 528 g/mol. The van der Waals surface area contributed by atoms with Crippen LogP contribution in [0.15, 0.2) is 0 Å². The van der Waals surface area contributed by atoms with Crippen LogP contribution in [-0.2, 0) is 38.2 Å². The lowest BCUT2D eigenvalue weighted by molar-refractivity contribution is -0.202. The van der Waals surface area contributed by atoms with Gasteiger partial charge in [-0.2, -0.15) is 0 Å². The normalized spacial score (nSPS) is 45.2. The summed E-state index contributed by atoms with van der Waals surface area (Å²) in [5.41, 5.74) is -4.32. The minimum atomic E-state index is -1.71. The second-order valence-electron chi connectivity index (χ2n) is 10.6. The first-order valence-electron chi connectivity index (χ1n) is 11.4. The predicted molar refractivity (Wildman–Crippen MR) is 122 cm³/mol. The number of fused-ring (bicyclic) bond motifs is 3. The highest BCUT2D eigenvalue weighted by atomic mass is 33.1. The summed E-state index contributed by atoms with van der Waals surface area (Å²) in [7, 11) is 3.65. The van der Waals surface area contributed by atoms with Crippen LogP contribution in [0.1, 0.15) is 47.5 Å². The molecule has 0 radical (unpaired) electrons. The Morgan fingerprint density at radius 1 is 1.14 bits per heavy atom. The molecule has 11 nitrogen and oxygen atoms in total. The standard InChI is InChI=1S/C22H28N2O9S2/c1-10-18(4,5)14(28)19(32-10)7-13-20(33-12(3)27,15(19)31-11(2)26)8-21-16(29)23(6)22(9-25,35-34-21)17(30)24(13)21/h10,13,15,25H,7-9H2,1-6H3/t10-,13-,15-,19+,20+,21-,22-/m1/s1. The van der Waals surface area contributed by atoms with Crippen LogP contribution in [0.4, 0.5) is 0 Å². The fraction of sp³-hybridized carbons (Fsp3) is 0.773. The Labute approximate surface area is 209 Å². The Kier molecular flexibility index (Phi) is 5.07. The van der Waals surface area contributed by atoms with E-state index in [0.29, 0.717) is 0 Å². The van der Waals surface area contributed by atoms with Crippen LogP contribution in [0.3, 0.4) is 0 Å². The summed E-state index contributed by atoms with van der Waals surface area (Å²) in [5, 5.41) is 10.2. The number of ether oxygens (including phenoxy) is 3. The number of rotatable bonds is 3. The van der Waals surface area contributed by atoms with E-state index >= 15 is 0 Å². The summed E-state index contributed by atoms with van der Waals surface area (Å²) in [6.07, 6.45) is -2.24. The largest absolute Gasteiger partial charge is 0.455 e. The molecule has 0 aromatic rings. The molecule has 5 heterocycles. The van der Waals surface area contributed by atoms with Gasteiger partial charge in [0, 0.05) is 33.7 Å². The zero-order valence-electron chi connectivity index (χ0n) is 20.3. The number of carbonyl (C=O) groups excluding carboxylic acids is 5. The average molecular weight is 529 g/mol. The van der Waals surface area contributed by atoms with Gasteiger partial charge in [-0.25, -0.2) is 0 Å². The Morgan fingerprint density at radius 3 is 2.31 bits per heavy atom. The van der Waals surface area contributed by atoms with Crippen molar-refractivity contribution in [2.45, 2.75) is 86.7 Å². The van der Waals surface area contributed by atoms with Crippen molar-refractivity contribution in [3.8, 4) is 0 Å². The van der Waals surface area contributed by atoms with E-state index in [-0.39, 0.29) is 18.6 Å². The molecular formula is C22H28N2O9S2. The molecule has 2 bridgehead atoms. The number of nitrogens with zero attached hydrogens (tertiary/aromatic N) is 2. The van der Waals surface area contributed by atoms with E-state index in [0.717, 1.165) is 21.6 Å². The van der Waals surface area contributed by atoms with Gasteiger partial charge in [0.25, 0.3) is 11.8 Å². The molecule has 1 aliphatic carbocycles. The van der Waals surface area contributed by atoms with Gasteiger partial charge in [-0.1, -0.05) is 24.6 Å². The molecule has 35 heavy (non-hydrogen) atoms. The van der Waals surface area contributed by atoms with Gasteiger partial charge in [0.05, 0.1) is 24.2 Å². The Balaban J connectivity index is 1.74. The molecule has 2 spiro atoms. The van der Waals surface area contributed by atoms with Crippen LogP contribution in [0.2, 0.25) is 0 Å². The minimum Gasteiger partial charge on any atom is -0.455 e. The van der Waals surface area contributed by atoms with E-state index in [9.17, 15) is 29.1 Å². The summed E-state index contributed by atoms with van der Waals surface area (Å²) in [6.45, 7) is 6.94. The van der Waals surface area contributed by atoms with Gasteiger partial charge >= 0.3 is 11.9 Å². The van der Waals surface area contributed by atoms with Gasteiger partial charge in [-0.05, 0) is 17.7 Å². The number of hydrogen-bond acceptors (Lipinski definition) is 11. The SMILES string of the molecule is CC(=O)O[C@H]1[C@]2(OC(C)=O)C[C@]34SS[C@](CO)(C(=O)N3[C@@H]2C[C@@]12O[C@H](C)C(C)(C)C2=O)N(C)C4=O. The topological polar surface area (TPSA) is 140 Å². The van der Waals surface area contributed by atoms with E-state index in [1.54, 1.807) is 20.8 Å². The molecule has 1 N–H and O–H groups in total. The van der Waals surface area contributed by atoms with Crippen molar-refractivity contribution in [2.24, 2.45) is 5.41 Å². The number of piperazine rings is 1. The maximum absolute atomic E-state index is 13.9. The zero-order valence-corrected chi connectivity index (χ0v) is 21.9. The number of ketones is 1. The molecule has 0 unspecified atom stereocenters. The molecule has 6 aliphatic rings. The first-order chi connectivity index (χ1) is 16.2. The Hall–Kier alpha value is -1.83. The van der Waals surface area contributed by atoms with Gasteiger partial charge in [-0.15, -0.1) is 0 Å². The lowest BCUT2D eigenvalue weighted by Gasteiger charge is -2.58. The van der Waals surface area contributed by atoms with E-state index in [1.807, 2.05) is 0 Å². The number of esters is 2. The van der Waals surface area contributed by atoms with Crippen molar-refractivity contribution < 1.29 is 43.3 Å². The van der Waals surface area contributed by atoms with Crippen LogP contribution in [0.5, 0.6) is 0 Å². The lowest BCUT2D eigenvalue weighted by atomic mass is 9.76. The summed E-state index contributed by atoms with van der Waals surface area (Å²) in [4.78, 5) is 65.8. The molecule has 6 rings (SSSR count). The molecule has 5 saturated heterocycles. The summed E-state index contributed by atoms with van der Waals surface area (Å²) in [6, 6.07) is -0.995. The fourth-order valence-electron chi connectivity index (χ4n) is 6.50. The molecule has 7 atom stereocenters. The van der Waals surface area contributed by atoms with Gasteiger partial charge in [0.2, 0.25) is 4.87 Å². The van der Waals surface area contributed by atoms with Gasteiger partial charge in [0.15, 0.2) is 28.0 Å². The quantitative estimate of drug-likeness (QED) is 0.398. The van der Waals surface area contributed by atoms with Crippen LogP contribution >= 0.6 is 21.6 Å². The first-order valence-corrected chi connectivity index (χ1v) is 13.5. The van der Waals surface area contributed by atoms with Crippen molar-refractivity contribution in [3.05, 3.63) is 0 Å². The van der Waals surface area contributed by atoms with E-state index < -0.39 is 75.0 Å². The van der Waals surface area contributed by atoms with Crippen LogP contribution in [0.25, 0.3) is 0 Å². The Bertz CT molecular complexity index is 1080. The molecule has 192 valence electrons. The summed E-state index contributed by atoms with van der Waals surface area (Å²) in [5.74, 6) is -2.71. The van der Waals surface area contributed by atoms with Gasteiger partial charge < -0.3 is 29.1 Å². The smallest absolute Gasteiger partial charge is 0.303 e. The molecule has 6 fully saturated rings. The number of Topliss-reactive ketones (excluding diaryl/α,β-unsaturated/α-hetero) is 1. The van der Waals surface area contributed by atoms with E-state index in [1.165, 1.54) is 30.7 Å². The number of amides is 2. The molecule has 13 heteroatoms. The Morgan fingerprint density at radius 2 is 1.80 bits per heavy atom. The molecule has 0 aromatic carbocycles. The van der Waals surface area contributed by atoms with Crippen LogP contribution < -0.4 is 0 Å². The first kappa shape index (κ1) is 24.8. The molecule has 2 amide bonds. The summed E-state index contributed by atoms with van der Waals surface area (Å²) < 4.78 is 17.9. The second kappa shape index (κ2) is 7.14. The highest BCUT2D eigenvalue weighted by Gasteiger charge is 2.86. The molecule has 0 aromatic heterocycles. The fourth-order valence-corrected chi connectivity index (χ4v) is 10.1. The van der Waals surface area contributed by atoms with Crippen molar-refractivity contribution >= 4 is 51.1 Å². The molecule has 5 aliphatic heterocycles. The van der Waals surface area contributed by atoms with Gasteiger partial charge in [-0.3, -0.25) is 24.0 Å². The molecular weight excluding hydrogens is 500 g/mol. The van der Waals surface area contributed by atoms with Gasteiger partial charge in [0.1, 0.15) is 0 Å². The minimum absolute atomic E-state index is 0.123. The molecule has 1 saturated carbocycles. The van der Waals surface area contributed by atoms with Crippen molar-refractivity contribution in [2.75, 3.05) is 13.7 Å². The van der Waals surface area contributed by atoms with Crippen LogP contribution in [-0.4, -0.2) is 97.3 Å². The zero-order chi connectivity index (χ0) is 25.9. The number of likely N-dealkylation sites (N-methyl/N-ethyl adjacent to an activating group) is 1. The van der Waals surface area contributed by atoms with Crippen molar-refractivity contribution in [1.82, 2.24) is 9.80 Å².